The zero-order valence-electron chi connectivity index (χ0n) is 9.80. The Balaban J connectivity index is 2.80. The molecule has 1 rings (SSSR count). The first-order valence-corrected chi connectivity index (χ1v) is 5.40. The topological polar surface area (TPSA) is 34.1 Å². The third-order valence-electron chi connectivity index (χ3n) is 2.24. The molecule has 0 heterocycles. The van der Waals surface area contributed by atoms with E-state index >= 15 is 0 Å². The Morgan fingerprint density at radius 2 is 1.71 bits per heavy atom. The van der Waals surface area contributed by atoms with Gasteiger partial charge in [0.1, 0.15) is 17.4 Å². The smallest absolute Gasteiger partial charge is 0.176 e. The monoisotopic (exact) mass is 240 g/mol. The standard InChI is InChI=1S/C13H14F2O2/c1-8(2)6-9(16)7-12(17)13-10(14)4-3-5-11(13)15/h3-5,8H,6-7H2,1-2H3. The second-order valence-electron chi connectivity index (χ2n) is 4.33. The highest BCUT2D eigenvalue weighted by molar-refractivity contribution is 6.08. The van der Waals surface area contributed by atoms with Crippen molar-refractivity contribution in [2.24, 2.45) is 5.92 Å². The van der Waals surface area contributed by atoms with Gasteiger partial charge in [-0.3, -0.25) is 9.59 Å². The summed E-state index contributed by atoms with van der Waals surface area (Å²) < 4.78 is 26.5. The van der Waals surface area contributed by atoms with Crippen LogP contribution in [0.15, 0.2) is 18.2 Å². The number of halogens is 2. The van der Waals surface area contributed by atoms with E-state index in [1.165, 1.54) is 6.07 Å². The molecule has 0 unspecified atom stereocenters. The summed E-state index contributed by atoms with van der Waals surface area (Å²) in [6.07, 6.45) is -0.210. The average Bonchev–Trinajstić information content (AvgIpc) is 2.15. The van der Waals surface area contributed by atoms with E-state index in [2.05, 4.69) is 0 Å². The maximum absolute atomic E-state index is 13.2. The fourth-order valence-electron chi connectivity index (χ4n) is 1.56. The van der Waals surface area contributed by atoms with Crippen LogP contribution >= 0.6 is 0 Å². The molecule has 0 aliphatic carbocycles. The zero-order valence-corrected chi connectivity index (χ0v) is 9.80. The van der Waals surface area contributed by atoms with Crippen molar-refractivity contribution in [3.8, 4) is 0 Å². The summed E-state index contributed by atoms with van der Waals surface area (Å²) >= 11 is 0. The minimum Gasteiger partial charge on any atom is -0.299 e. The summed E-state index contributed by atoms with van der Waals surface area (Å²) in [6, 6.07) is 3.18. The number of Topliss-reactive ketones (excluding diaryl/α,β-unsaturated/α-hetero) is 2. The molecule has 4 heteroatoms. The Kier molecular flexibility index (Phi) is 4.49. The average molecular weight is 240 g/mol. The molecular weight excluding hydrogens is 226 g/mol. The minimum absolute atomic E-state index is 0.126. The van der Waals surface area contributed by atoms with Gasteiger partial charge in [0.2, 0.25) is 0 Å². The molecule has 0 aromatic heterocycles. The molecule has 2 nitrogen and oxygen atoms in total. The van der Waals surface area contributed by atoms with Crippen molar-refractivity contribution in [1.29, 1.82) is 0 Å². The molecule has 0 spiro atoms. The van der Waals surface area contributed by atoms with Crippen LogP contribution in [0.25, 0.3) is 0 Å². The first kappa shape index (κ1) is 13.5. The van der Waals surface area contributed by atoms with Crippen LogP contribution < -0.4 is 0 Å². The number of benzene rings is 1. The first-order chi connectivity index (χ1) is 7.91. The molecule has 1 aromatic rings. The maximum atomic E-state index is 13.2. The van der Waals surface area contributed by atoms with Gasteiger partial charge in [-0.2, -0.15) is 0 Å². The quantitative estimate of drug-likeness (QED) is 0.585. The van der Waals surface area contributed by atoms with Crippen LogP contribution in [0.3, 0.4) is 0 Å². The molecule has 0 aliphatic heterocycles. The van der Waals surface area contributed by atoms with Gasteiger partial charge < -0.3 is 0 Å². The summed E-state index contributed by atoms with van der Waals surface area (Å²) in [5.74, 6) is -2.82. The molecule has 1 aromatic carbocycles. The number of rotatable bonds is 5. The SMILES string of the molecule is CC(C)CC(=O)CC(=O)c1c(F)cccc1F. The molecule has 92 valence electrons. The Bertz CT molecular complexity index is 419. The van der Waals surface area contributed by atoms with Crippen molar-refractivity contribution >= 4 is 11.6 Å². The van der Waals surface area contributed by atoms with E-state index in [-0.39, 0.29) is 18.1 Å². The van der Waals surface area contributed by atoms with E-state index in [0.29, 0.717) is 0 Å². The van der Waals surface area contributed by atoms with Gasteiger partial charge in [-0.15, -0.1) is 0 Å². The third-order valence-corrected chi connectivity index (χ3v) is 2.24. The highest BCUT2D eigenvalue weighted by atomic mass is 19.1. The van der Waals surface area contributed by atoms with E-state index in [1.54, 1.807) is 0 Å². The van der Waals surface area contributed by atoms with Gasteiger partial charge in [-0.25, -0.2) is 8.78 Å². The van der Waals surface area contributed by atoms with Gasteiger partial charge in [0.15, 0.2) is 5.78 Å². The van der Waals surface area contributed by atoms with E-state index in [0.717, 1.165) is 12.1 Å². The highest BCUT2D eigenvalue weighted by Crippen LogP contribution is 2.15. The lowest BCUT2D eigenvalue weighted by Crippen LogP contribution is -2.13. The van der Waals surface area contributed by atoms with Crippen molar-refractivity contribution in [2.45, 2.75) is 26.7 Å². The number of hydrogen-bond acceptors (Lipinski definition) is 2. The number of ketones is 2. The Morgan fingerprint density at radius 1 is 1.18 bits per heavy atom. The fraction of sp³-hybridized carbons (Fsp3) is 0.385. The third kappa shape index (κ3) is 3.73. The lowest BCUT2D eigenvalue weighted by molar-refractivity contribution is -0.118. The van der Waals surface area contributed by atoms with Crippen LogP contribution in [0.1, 0.15) is 37.0 Å². The second kappa shape index (κ2) is 5.66. The summed E-state index contributed by atoms with van der Waals surface area (Å²) in [5, 5.41) is 0. The lowest BCUT2D eigenvalue weighted by atomic mass is 9.99. The van der Waals surface area contributed by atoms with Crippen molar-refractivity contribution in [1.82, 2.24) is 0 Å². The summed E-state index contributed by atoms with van der Waals surface area (Å²) in [6.45, 7) is 3.68. The molecule has 0 atom stereocenters. The van der Waals surface area contributed by atoms with Crippen molar-refractivity contribution < 1.29 is 18.4 Å². The molecule has 0 radical (unpaired) electrons. The van der Waals surface area contributed by atoms with Crippen LogP contribution in [0.4, 0.5) is 8.78 Å². The van der Waals surface area contributed by atoms with Crippen LogP contribution in [-0.4, -0.2) is 11.6 Å². The molecule has 0 fully saturated rings. The van der Waals surface area contributed by atoms with Crippen LogP contribution in [-0.2, 0) is 4.79 Å². The van der Waals surface area contributed by atoms with Gasteiger partial charge >= 0.3 is 0 Å². The highest BCUT2D eigenvalue weighted by Gasteiger charge is 2.19. The molecule has 0 aliphatic rings. The minimum atomic E-state index is -0.924. The van der Waals surface area contributed by atoms with Gasteiger partial charge in [0.25, 0.3) is 0 Å². The van der Waals surface area contributed by atoms with Crippen LogP contribution in [0, 0.1) is 17.6 Å². The Morgan fingerprint density at radius 3 is 2.18 bits per heavy atom. The van der Waals surface area contributed by atoms with Crippen molar-refractivity contribution in [2.75, 3.05) is 0 Å². The van der Waals surface area contributed by atoms with Crippen molar-refractivity contribution in [3.05, 3.63) is 35.4 Å². The Hall–Kier alpha value is -1.58. The largest absolute Gasteiger partial charge is 0.299 e. The summed E-state index contributed by atoms with van der Waals surface area (Å²) in [5.41, 5.74) is -0.621. The normalized spacial score (nSPS) is 10.6. The van der Waals surface area contributed by atoms with Gasteiger partial charge in [-0.05, 0) is 18.1 Å². The molecule has 0 saturated carbocycles. The van der Waals surface area contributed by atoms with Gasteiger partial charge in [-0.1, -0.05) is 19.9 Å². The van der Waals surface area contributed by atoms with Crippen molar-refractivity contribution in [3.63, 3.8) is 0 Å². The fourth-order valence-corrected chi connectivity index (χ4v) is 1.56. The molecule has 0 amide bonds. The first-order valence-electron chi connectivity index (χ1n) is 5.40. The van der Waals surface area contributed by atoms with E-state index in [4.69, 9.17) is 0 Å². The van der Waals surface area contributed by atoms with E-state index < -0.39 is 29.4 Å². The molecule has 0 N–H and O–H groups in total. The number of carbonyl (C=O) groups excluding carboxylic acids is 2. The summed E-state index contributed by atoms with van der Waals surface area (Å²) in [7, 11) is 0. The Labute approximate surface area is 98.6 Å². The zero-order chi connectivity index (χ0) is 13.0. The van der Waals surface area contributed by atoms with Gasteiger partial charge in [0, 0.05) is 6.42 Å². The van der Waals surface area contributed by atoms with E-state index in [9.17, 15) is 18.4 Å². The van der Waals surface area contributed by atoms with Crippen LogP contribution in [0.2, 0.25) is 0 Å². The van der Waals surface area contributed by atoms with Crippen LogP contribution in [0.5, 0.6) is 0 Å². The molecule has 0 bridgehead atoms. The number of hydrogen-bond donors (Lipinski definition) is 0. The second-order valence-corrected chi connectivity index (χ2v) is 4.33. The number of carbonyl (C=O) groups is 2. The maximum Gasteiger partial charge on any atom is 0.176 e. The summed E-state index contributed by atoms with van der Waals surface area (Å²) in [4.78, 5) is 23.0. The predicted octanol–water partition coefficient (Wildman–Crippen LogP) is 3.15. The lowest BCUT2D eigenvalue weighted by Gasteiger charge is -2.05. The molecule has 17 heavy (non-hydrogen) atoms. The predicted molar refractivity (Wildman–Crippen MR) is 59.8 cm³/mol. The molecular formula is C13H14F2O2. The van der Waals surface area contributed by atoms with Gasteiger partial charge in [0.05, 0.1) is 12.0 Å². The molecule has 0 saturated heterocycles. The van der Waals surface area contributed by atoms with E-state index in [1.807, 2.05) is 13.8 Å².